The molecule has 5 unspecified atom stereocenters. The van der Waals surface area contributed by atoms with Crippen LogP contribution in [-0.4, -0.2) is 92.3 Å². The van der Waals surface area contributed by atoms with Gasteiger partial charge in [-0.3, -0.25) is 14.2 Å². The predicted octanol–water partition coefficient (Wildman–Crippen LogP) is 3.78. The normalized spacial score (nSPS) is 21.6. The summed E-state index contributed by atoms with van der Waals surface area (Å²) in [7, 11) is 0. The van der Waals surface area contributed by atoms with Crippen molar-refractivity contribution in [1.29, 1.82) is 0 Å². The van der Waals surface area contributed by atoms with Crippen molar-refractivity contribution in [3.8, 4) is 0 Å². The third-order valence-corrected chi connectivity index (χ3v) is 10.1. The molecule has 4 fully saturated rings. The smallest absolute Gasteiger partial charge is 0.341 e. The standard InChI is InChI=1S/C19H24N4O3.C18H20N4O3/c1-3-26-19(25)16-7-20-23(11-16)10-13-4-5-17(21-18(13)12(2)24)22-8-14-6-15(14)9-22;1-2-25-18(24)15-6-19-22(10-15)9-12-3-4-17(20-16(12)11-23)21-7-13-5-14(13)8-21/h4-5,7,11-12,14-15,24H,3,6,8-10H2,1-2H3;3-4,6,10-11,13-14H,2,5,7-9H2,1H3. The molecule has 6 heterocycles. The van der Waals surface area contributed by atoms with Crippen molar-refractivity contribution in [2.24, 2.45) is 23.7 Å². The van der Waals surface area contributed by atoms with Crippen LogP contribution in [0.5, 0.6) is 0 Å². The summed E-state index contributed by atoms with van der Waals surface area (Å²) in [5.41, 5.74) is 3.58. The number of piperidine rings is 2. The predicted molar refractivity (Wildman–Crippen MR) is 187 cm³/mol. The first kappa shape index (κ1) is 34.3. The molecule has 51 heavy (non-hydrogen) atoms. The Hall–Kier alpha value is -5.11. The van der Waals surface area contributed by atoms with Gasteiger partial charge in [0.2, 0.25) is 0 Å². The summed E-state index contributed by atoms with van der Waals surface area (Å²) in [5, 5.41) is 18.6. The van der Waals surface area contributed by atoms with Crippen molar-refractivity contribution < 1.29 is 29.0 Å². The molecule has 14 nitrogen and oxygen atoms in total. The van der Waals surface area contributed by atoms with Crippen LogP contribution in [0.15, 0.2) is 49.1 Å². The van der Waals surface area contributed by atoms with E-state index in [1.165, 1.54) is 25.2 Å². The summed E-state index contributed by atoms with van der Waals surface area (Å²) >= 11 is 0. The summed E-state index contributed by atoms with van der Waals surface area (Å²) in [6, 6.07) is 7.90. The number of pyridine rings is 2. The Morgan fingerprint density at radius 3 is 1.73 bits per heavy atom. The lowest BCUT2D eigenvalue weighted by Gasteiger charge is -2.21. The molecule has 2 saturated heterocycles. The van der Waals surface area contributed by atoms with Crippen molar-refractivity contribution in [2.45, 2.75) is 52.8 Å². The number of rotatable bonds is 12. The molecule has 5 atom stereocenters. The number of aliphatic hydroxyl groups excluding tert-OH is 1. The van der Waals surface area contributed by atoms with Gasteiger partial charge in [-0.15, -0.1) is 0 Å². The van der Waals surface area contributed by atoms with E-state index in [4.69, 9.17) is 14.5 Å². The van der Waals surface area contributed by atoms with Gasteiger partial charge in [0, 0.05) is 44.1 Å². The van der Waals surface area contributed by atoms with Gasteiger partial charge in [0.25, 0.3) is 0 Å². The van der Waals surface area contributed by atoms with Gasteiger partial charge in [-0.2, -0.15) is 10.2 Å². The van der Waals surface area contributed by atoms with Crippen LogP contribution >= 0.6 is 0 Å². The Labute approximate surface area is 296 Å². The maximum absolute atomic E-state index is 11.8. The number of aliphatic hydroxyl groups is 1. The molecule has 0 radical (unpaired) electrons. The van der Waals surface area contributed by atoms with E-state index >= 15 is 0 Å². The van der Waals surface area contributed by atoms with Crippen LogP contribution in [-0.2, 0) is 22.6 Å². The molecular formula is C37H44N8O6. The monoisotopic (exact) mass is 696 g/mol. The molecule has 2 aliphatic carbocycles. The first-order chi connectivity index (χ1) is 24.7. The van der Waals surface area contributed by atoms with Crippen molar-refractivity contribution in [3.63, 3.8) is 0 Å². The van der Waals surface area contributed by atoms with Crippen molar-refractivity contribution in [2.75, 3.05) is 49.2 Å². The Morgan fingerprint density at radius 2 is 1.25 bits per heavy atom. The van der Waals surface area contributed by atoms with Gasteiger partial charge in [-0.25, -0.2) is 19.6 Å². The molecule has 268 valence electrons. The first-order valence-electron chi connectivity index (χ1n) is 17.7. The Kier molecular flexibility index (Phi) is 9.85. The summed E-state index contributed by atoms with van der Waals surface area (Å²) in [5.74, 6) is 4.31. The minimum Gasteiger partial charge on any atom is -0.462 e. The topological polar surface area (TPSA) is 158 Å². The molecule has 2 saturated carbocycles. The second kappa shape index (κ2) is 14.6. The molecule has 4 aromatic rings. The fraction of sp³-hybridized carbons (Fsp3) is 0.486. The SMILES string of the molecule is CCOC(=O)c1cnn(Cc2ccc(N3CC4CC4C3)nc2C(C)O)c1.CCOC(=O)c1cnn(Cc2ccc(N3CC4CC4C3)nc2C=O)c1. The van der Waals surface area contributed by atoms with Crippen LogP contribution in [0, 0.1) is 23.7 Å². The highest BCUT2D eigenvalue weighted by Gasteiger charge is 2.46. The lowest BCUT2D eigenvalue weighted by molar-refractivity contribution is 0.0516. The lowest BCUT2D eigenvalue weighted by atomic mass is 10.1. The van der Waals surface area contributed by atoms with Gasteiger partial charge in [-0.1, -0.05) is 12.1 Å². The van der Waals surface area contributed by atoms with Crippen LogP contribution in [0.25, 0.3) is 0 Å². The molecule has 4 aliphatic rings. The van der Waals surface area contributed by atoms with E-state index in [0.29, 0.717) is 48.8 Å². The largest absolute Gasteiger partial charge is 0.462 e. The fourth-order valence-electron chi connectivity index (χ4n) is 7.13. The van der Waals surface area contributed by atoms with E-state index in [-0.39, 0.29) is 5.97 Å². The summed E-state index contributed by atoms with van der Waals surface area (Å²) in [6.07, 6.45) is 9.04. The summed E-state index contributed by atoms with van der Waals surface area (Å²) in [4.78, 5) is 48.8. The molecular weight excluding hydrogens is 652 g/mol. The van der Waals surface area contributed by atoms with E-state index in [0.717, 1.165) is 78.9 Å². The average Bonchev–Trinajstić information content (AvgIpc) is 3.66. The zero-order valence-electron chi connectivity index (χ0n) is 29.2. The van der Waals surface area contributed by atoms with Crippen LogP contribution in [0.4, 0.5) is 11.6 Å². The van der Waals surface area contributed by atoms with Gasteiger partial charge < -0.3 is 24.4 Å². The number of anilines is 2. The highest BCUT2D eigenvalue weighted by molar-refractivity contribution is 5.89. The van der Waals surface area contributed by atoms with Crippen molar-refractivity contribution in [3.05, 3.63) is 82.7 Å². The van der Waals surface area contributed by atoms with E-state index in [2.05, 4.69) is 25.0 Å². The minimum atomic E-state index is -0.665. The number of carbonyl (C=O) groups excluding carboxylic acids is 3. The van der Waals surface area contributed by atoms with Crippen LogP contribution in [0.3, 0.4) is 0 Å². The van der Waals surface area contributed by atoms with Crippen LogP contribution < -0.4 is 9.80 Å². The van der Waals surface area contributed by atoms with Crippen molar-refractivity contribution in [1.82, 2.24) is 29.5 Å². The van der Waals surface area contributed by atoms with E-state index in [9.17, 15) is 19.5 Å². The summed E-state index contributed by atoms with van der Waals surface area (Å²) in [6.45, 7) is 11.0. The number of aromatic nitrogens is 6. The second-order valence-electron chi connectivity index (χ2n) is 13.8. The number of hydrogen-bond donors (Lipinski definition) is 1. The molecule has 8 rings (SSSR count). The van der Waals surface area contributed by atoms with E-state index in [1.807, 2.05) is 24.3 Å². The van der Waals surface area contributed by atoms with Crippen LogP contribution in [0.2, 0.25) is 0 Å². The molecule has 0 bridgehead atoms. The highest BCUT2D eigenvalue weighted by atomic mass is 16.5. The molecule has 0 amide bonds. The number of hydrogen-bond acceptors (Lipinski definition) is 12. The zero-order valence-corrected chi connectivity index (χ0v) is 29.2. The maximum atomic E-state index is 11.8. The minimum absolute atomic E-state index is 0.322. The van der Waals surface area contributed by atoms with Gasteiger partial charge in [0.05, 0.1) is 61.6 Å². The van der Waals surface area contributed by atoms with E-state index < -0.39 is 12.1 Å². The maximum Gasteiger partial charge on any atom is 0.341 e. The van der Waals surface area contributed by atoms with Gasteiger partial charge in [-0.05, 0) is 75.0 Å². The molecule has 1 N–H and O–H groups in total. The number of nitrogens with zero attached hydrogens (tertiary/aromatic N) is 8. The summed E-state index contributed by atoms with van der Waals surface area (Å²) < 4.78 is 13.2. The molecule has 4 aromatic heterocycles. The van der Waals surface area contributed by atoms with Crippen molar-refractivity contribution >= 4 is 29.9 Å². The number of aldehydes is 1. The van der Waals surface area contributed by atoms with Gasteiger partial charge >= 0.3 is 11.9 Å². The second-order valence-corrected chi connectivity index (χ2v) is 13.8. The number of carbonyl (C=O) groups is 3. The third kappa shape index (κ3) is 7.80. The average molecular weight is 697 g/mol. The highest BCUT2D eigenvalue weighted by Crippen LogP contribution is 2.46. The van der Waals surface area contributed by atoms with Gasteiger partial charge in [0.15, 0.2) is 6.29 Å². The van der Waals surface area contributed by atoms with Crippen LogP contribution in [0.1, 0.15) is 87.7 Å². The molecule has 2 aliphatic heterocycles. The first-order valence-corrected chi connectivity index (χ1v) is 17.7. The molecule has 0 spiro atoms. The van der Waals surface area contributed by atoms with E-state index in [1.54, 1.807) is 42.5 Å². The fourth-order valence-corrected chi connectivity index (χ4v) is 7.13. The Morgan fingerprint density at radius 1 is 0.784 bits per heavy atom. The third-order valence-electron chi connectivity index (χ3n) is 10.1. The quantitative estimate of drug-likeness (QED) is 0.169. The number of ether oxygens (including phenoxy) is 2. The van der Waals surface area contributed by atoms with Gasteiger partial charge in [0.1, 0.15) is 17.3 Å². The Balaban J connectivity index is 0.000000159. The zero-order chi connectivity index (χ0) is 35.6. The molecule has 0 aromatic carbocycles. The molecule has 14 heteroatoms. The Bertz CT molecular complexity index is 1880. The number of fused-ring (bicyclic) bond motifs is 2. The number of esters is 2. The lowest BCUT2D eigenvalue weighted by Crippen LogP contribution is -2.23.